The molecule has 0 spiro atoms. The molecule has 0 fully saturated rings. The molecule has 1 atom stereocenters. The first-order valence-corrected chi connectivity index (χ1v) is 6.30. The van der Waals surface area contributed by atoms with E-state index >= 15 is 0 Å². The average Bonchev–Trinajstić information content (AvgIpc) is 2.40. The average molecular weight is 278 g/mol. The summed E-state index contributed by atoms with van der Waals surface area (Å²) in [5, 5.41) is 8.74. The monoisotopic (exact) mass is 277 g/mol. The molecule has 0 saturated carbocycles. The van der Waals surface area contributed by atoms with Crippen molar-refractivity contribution in [3.05, 3.63) is 51.8 Å². The zero-order chi connectivity index (χ0) is 14.0. The van der Waals surface area contributed by atoms with Gasteiger partial charge in [0.15, 0.2) is 0 Å². The number of halogens is 1. The lowest BCUT2D eigenvalue weighted by atomic mass is 9.97. The molecule has 1 aromatic heterocycles. The first kappa shape index (κ1) is 13.8. The number of rotatable bonds is 3. The van der Waals surface area contributed by atoms with Crippen LogP contribution >= 0.6 is 11.6 Å². The molecule has 0 aliphatic carbocycles. The molecular weight excluding hydrogens is 262 g/mol. The largest absolute Gasteiger partial charge is 0.496 e. The Balaban J connectivity index is 2.51. The number of aromatic nitrogens is 2. The van der Waals surface area contributed by atoms with E-state index in [2.05, 4.69) is 10.2 Å². The molecule has 19 heavy (non-hydrogen) atoms. The maximum atomic E-state index is 6.32. The normalized spacial score (nSPS) is 12.3. The predicted molar refractivity (Wildman–Crippen MR) is 75.5 cm³/mol. The van der Waals surface area contributed by atoms with Gasteiger partial charge in [0.05, 0.1) is 24.5 Å². The van der Waals surface area contributed by atoms with Crippen LogP contribution in [0.25, 0.3) is 0 Å². The second kappa shape index (κ2) is 5.55. The molecule has 1 aromatic carbocycles. The molecule has 0 aliphatic heterocycles. The topological polar surface area (TPSA) is 61.0 Å². The van der Waals surface area contributed by atoms with E-state index in [0.29, 0.717) is 10.8 Å². The highest BCUT2D eigenvalue weighted by Crippen LogP contribution is 2.31. The van der Waals surface area contributed by atoms with Crippen LogP contribution in [-0.4, -0.2) is 17.3 Å². The number of nitrogens with zero attached hydrogens (tertiary/aromatic N) is 2. The summed E-state index contributed by atoms with van der Waals surface area (Å²) < 4.78 is 5.34. The molecule has 1 unspecified atom stereocenters. The lowest BCUT2D eigenvalue weighted by Crippen LogP contribution is -2.16. The summed E-state index contributed by atoms with van der Waals surface area (Å²) in [6.45, 7) is 3.77. The van der Waals surface area contributed by atoms with Crippen molar-refractivity contribution >= 4 is 11.6 Å². The second-order valence-corrected chi connectivity index (χ2v) is 4.83. The smallest absolute Gasteiger partial charge is 0.124 e. The maximum absolute atomic E-state index is 6.32. The molecular formula is C14H16ClN3O. The maximum Gasteiger partial charge on any atom is 0.124 e. The van der Waals surface area contributed by atoms with E-state index in [4.69, 9.17) is 22.1 Å². The van der Waals surface area contributed by atoms with Gasteiger partial charge in [0, 0.05) is 10.6 Å². The molecule has 0 bridgehead atoms. The summed E-state index contributed by atoms with van der Waals surface area (Å²) in [6, 6.07) is 7.00. The number of aryl methyl sites for hydroxylation is 2. The second-order valence-electron chi connectivity index (χ2n) is 4.39. The number of methoxy groups -OCH3 is 1. The minimum atomic E-state index is -0.345. The van der Waals surface area contributed by atoms with Crippen LogP contribution in [0.4, 0.5) is 0 Å². The van der Waals surface area contributed by atoms with Crippen LogP contribution < -0.4 is 10.5 Å². The summed E-state index contributed by atoms with van der Waals surface area (Å²) in [5.74, 6) is 0.714. The van der Waals surface area contributed by atoms with Gasteiger partial charge in [0.25, 0.3) is 0 Å². The minimum Gasteiger partial charge on any atom is -0.496 e. The van der Waals surface area contributed by atoms with Crippen molar-refractivity contribution in [3.63, 3.8) is 0 Å². The third-order valence-corrected chi connectivity index (χ3v) is 3.24. The highest BCUT2D eigenvalue weighted by atomic mass is 35.5. The van der Waals surface area contributed by atoms with Crippen LogP contribution in [-0.2, 0) is 0 Å². The third kappa shape index (κ3) is 2.85. The minimum absolute atomic E-state index is 0.345. The van der Waals surface area contributed by atoms with Gasteiger partial charge in [0.1, 0.15) is 5.75 Å². The summed E-state index contributed by atoms with van der Waals surface area (Å²) >= 11 is 6.04. The first-order chi connectivity index (χ1) is 9.02. The molecule has 2 aromatic rings. The van der Waals surface area contributed by atoms with Crippen molar-refractivity contribution in [3.8, 4) is 5.75 Å². The SMILES string of the molecule is COc1ccc(Cl)cc1C(N)c1cc(C)nnc1C. The Morgan fingerprint density at radius 2 is 1.89 bits per heavy atom. The Morgan fingerprint density at radius 3 is 2.58 bits per heavy atom. The third-order valence-electron chi connectivity index (χ3n) is 3.00. The standard InChI is InChI=1S/C14H16ClN3O/c1-8-6-11(9(2)18-17-8)14(16)12-7-10(15)4-5-13(12)19-3/h4-7,14H,16H2,1-3H3. The highest BCUT2D eigenvalue weighted by Gasteiger charge is 2.17. The molecule has 0 aliphatic rings. The van der Waals surface area contributed by atoms with Crippen LogP contribution in [0, 0.1) is 13.8 Å². The van der Waals surface area contributed by atoms with Crippen LogP contribution in [0.2, 0.25) is 5.02 Å². The van der Waals surface area contributed by atoms with Gasteiger partial charge in [0.2, 0.25) is 0 Å². The molecule has 1 heterocycles. The summed E-state index contributed by atoms with van der Waals surface area (Å²) in [7, 11) is 1.61. The zero-order valence-corrected chi connectivity index (χ0v) is 11.9. The fraction of sp³-hybridized carbons (Fsp3) is 0.286. The molecule has 5 heteroatoms. The van der Waals surface area contributed by atoms with E-state index in [1.807, 2.05) is 32.0 Å². The Morgan fingerprint density at radius 1 is 1.16 bits per heavy atom. The van der Waals surface area contributed by atoms with Gasteiger partial charge < -0.3 is 10.5 Å². The Bertz CT molecular complexity index is 601. The lowest BCUT2D eigenvalue weighted by molar-refractivity contribution is 0.408. The lowest BCUT2D eigenvalue weighted by Gasteiger charge is -2.18. The number of nitrogens with two attached hydrogens (primary N) is 1. The fourth-order valence-corrected chi connectivity index (χ4v) is 2.18. The molecule has 0 radical (unpaired) electrons. The summed E-state index contributed by atoms with van der Waals surface area (Å²) in [6.07, 6.45) is 0. The van der Waals surface area contributed by atoms with Crippen molar-refractivity contribution < 1.29 is 4.74 Å². The number of benzene rings is 1. The van der Waals surface area contributed by atoms with Crippen molar-refractivity contribution in [2.45, 2.75) is 19.9 Å². The van der Waals surface area contributed by atoms with E-state index in [1.54, 1.807) is 13.2 Å². The van der Waals surface area contributed by atoms with Gasteiger partial charge in [-0.1, -0.05) is 11.6 Å². The molecule has 0 amide bonds. The first-order valence-electron chi connectivity index (χ1n) is 5.92. The molecule has 100 valence electrons. The Hall–Kier alpha value is -1.65. The van der Waals surface area contributed by atoms with Gasteiger partial charge >= 0.3 is 0 Å². The summed E-state index contributed by atoms with van der Waals surface area (Å²) in [4.78, 5) is 0. The Kier molecular flexibility index (Phi) is 4.02. The molecule has 4 nitrogen and oxygen atoms in total. The van der Waals surface area contributed by atoms with Gasteiger partial charge in [-0.05, 0) is 43.7 Å². The molecule has 2 N–H and O–H groups in total. The van der Waals surface area contributed by atoms with Crippen LogP contribution in [0.15, 0.2) is 24.3 Å². The van der Waals surface area contributed by atoms with E-state index in [1.165, 1.54) is 0 Å². The molecule has 2 rings (SSSR count). The number of hydrogen-bond acceptors (Lipinski definition) is 4. The fourth-order valence-electron chi connectivity index (χ4n) is 2.00. The van der Waals surface area contributed by atoms with Gasteiger partial charge in [-0.15, -0.1) is 0 Å². The van der Waals surface area contributed by atoms with Crippen molar-refractivity contribution in [2.75, 3.05) is 7.11 Å². The van der Waals surface area contributed by atoms with Crippen LogP contribution in [0.5, 0.6) is 5.75 Å². The van der Waals surface area contributed by atoms with E-state index < -0.39 is 0 Å². The van der Waals surface area contributed by atoms with Crippen molar-refractivity contribution in [1.82, 2.24) is 10.2 Å². The number of hydrogen-bond donors (Lipinski definition) is 1. The highest BCUT2D eigenvalue weighted by molar-refractivity contribution is 6.30. The Labute approximate surface area is 117 Å². The van der Waals surface area contributed by atoms with Crippen molar-refractivity contribution in [2.24, 2.45) is 5.73 Å². The quantitative estimate of drug-likeness (QED) is 0.937. The van der Waals surface area contributed by atoms with Gasteiger partial charge in [-0.25, -0.2) is 0 Å². The van der Waals surface area contributed by atoms with Gasteiger partial charge in [-0.2, -0.15) is 10.2 Å². The van der Waals surface area contributed by atoms with Crippen molar-refractivity contribution in [1.29, 1.82) is 0 Å². The van der Waals surface area contributed by atoms with E-state index in [-0.39, 0.29) is 6.04 Å². The van der Waals surface area contributed by atoms with Crippen LogP contribution in [0.3, 0.4) is 0 Å². The van der Waals surface area contributed by atoms with E-state index in [0.717, 1.165) is 22.5 Å². The molecule has 0 saturated heterocycles. The van der Waals surface area contributed by atoms with E-state index in [9.17, 15) is 0 Å². The predicted octanol–water partition coefficient (Wildman–Crippen LogP) is 2.80. The zero-order valence-electron chi connectivity index (χ0n) is 11.1. The van der Waals surface area contributed by atoms with Gasteiger partial charge in [-0.3, -0.25) is 0 Å². The summed E-state index contributed by atoms with van der Waals surface area (Å²) in [5.41, 5.74) is 9.72. The number of ether oxygens (including phenoxy) is 1. The van der Waals surface area contributed by atoms with Crippen LogP contribution in [0.1, 0.15) is 28.6 Å².